The van der Waals surface area contributed by atoms with Gasteiger partial charge in [-0.3, -0.25) is 0 Å². The summed E-state index contributed by atoms with van der Waals surface area (Å²) in [5.74, 6) is -1.31. The van der Waals surface area contributed by atoms with Gasteiger partial charge in [0.25, 0.3) is 0 Å². The lowest BCUT2D eigenvalue weighted by Crippen LogP contribution is -2.50. The van der Waals surface area contributed by atoms with Crippen molar-refractivity contribution in [2.45, 2.75) is 44.7 Å². The fraction of sp³-hybridized carbons (Fsp3) is 0.538. The van der Waals surface area contributed by atoms with Gasteiger partial charge in [-0.25, -0.2) is 4.39 Å². The van der Waals surface area contributed by atoms with E-state index >= 15 is 0 Å². The summed E-state index contributed by atoms with van der Waals surface area (Å²) in [5, 5.41) is 31.4. The lowest BCUT2D eigenvalue weighted by molar-refractivity contribution is -0.259. The molecule has 0 bridgehead atoms. The number of ether oxygens (including phenoxy) is 3. The van der Waals surface area contributed by atoms with Crippen LogP contribution in [0.3, 0.4) is 0 Å². The summed E-state index contributed by atoms with van der Waals surface area (Å²) in [6, 6.07) is 8.76. The molecule has 186 valence electrons. The van der Waals surface area contributed by atoms with E-state index in [0.717, 1.165) is 22.3 Å². The highest BCUT2D eigenvalue weighted by molar-refractivity contribution is 6.31. The Morgan fingerprint density at radius 1 is 1.21 bits per heavy atom. The fourth-order valence-electron chi connectivity index (χ4n) is 5.16. The Kier molecular flexibility index (Phi) is 7.82. The van der Waals surface area contributed by atoms with E-state index in [1.165, 1.54) is 13.2 Å². The molecular weight excluding hydrogens is 463 g/mol. The number of aliphatic hydroxyl groups excluding tert-OH is 3. The molecule has 2 aromatic rings. The summed E-state index contributed by atoms with van der Waals surface area (Å²) in [5.41, 5.74) is 3.85. The minimum Gasteiger partial charge on any atom is -0.494 e. The van der Waals surface area contributed by atoms with Crippen LogP contribution in [0.15, 0.2) is 30.3 Å². The number of fused-ring (bicyclic) bond motifs is 1. The highest BCUT2D eigenvalue weighted by atomic mass is 35.5. The average Bonchev–Trinajstić information content (AvgIpc) is 2.83. The van der Waals surface area contributed by atoms with Crippen LogP contribution < -0.4 is 4.74 Å². The Morgan fingerprint density at radius 3 is 2.68 bits per heavy atom. The van der Waals surface area contributed by atoms with Crippen LogP contribution in [0, 0.1) is 30.5 Å². The first-order valence-electron chi connectivity index (χ1n) is 11.6. The van der Waals surface area contributed by atoms with E-state index in [9.17, 15) is 19.7 Å². The van der Waals surface area contributed by atoms with Crippen LogP contribution in [-0.2, 0) is 15.9 Å². The van der Waals surface area contributed by atoms with Crippen LogP contribution in [0.2, 0.25) is 5.02 Å². The van der Waals surface area contributed by atoms with Crippen LogP contribution in [0.1, 0.15) is 35.1 Å². The Labute approximate surface area is 204 Å². The maximum atomic E-state index is 14.2. The third-order valence-corrected chi connectivity index (χ3v) is 7.76. The first-order chi connectivity index (χ1) is 16.2. The SMILES string of the molecule is COc1cc(C2c3cc(Cl)c(C)cc3C[C@H](CO)[C@H]2CO[C@@H]2OC[C@@H](O)[C@H](C)[C@H]2O)ccc1F. The van der Waals surface area contributed by atoms with Crippen molar-refractivity contribution in [2.24, 2.45) is 17.8 Å². The normalized spacial score (nSPS) is 31.2. The fourth-order valence-corrected chi connectivity index (χ4v) is 5.33. The van der Waals surface area contributed by atoms with Crippen LogP contribution in [0.25, 0.3) is 0 Å². The molecule has 1 fully saturated rings. The Morgan fingerprint density at radius 2 is 1.97 bits per heavy atom. The van der Waals surface area contributed by atoms with Crippen LogP contribution in [0.5, 0.6) is 5.75 Å². The molecule has 1 aliphatic heterocycles. The molecule has 0 radical (unpaired) electrons. The van der Waals surface area contributed by atoms with Crippen molar-refractivity contribution in [3.8, 4) is 5.75 Å². The van der Waals surface area contributed by atoms with Gasteiger partial charge in [0.15, 0.2) is 17.9 Å². The van der Waals surface area contributed by atoms with Crippen LogP contribution in [0.4, 0.5) is 4.39 Å². The highest BCUT2D eigenvalue weighted by Gasteiger charge is 2.41. The van der Waals surface area contributed by atoms with E-state index in [1.807, 2.05) is 19.1 Å². The van der Waals surface area contributed by atoms with Gasteiger partial charge in [-0.05, 0) is 65.6 Å². The lowest BCUT2D eigenvalue weighted by Gasteiger charge is -2.42. The molecule has 1 aliphatic carbocycles. The van der Waals surface area contributed by atoms with Gasteiger partial charge in [0.1, 0.15) is 6.10 Å². The second kappa shape index (κ2) is 10.5. The molecule has 0 aromatic heterocycles. The minimum absolute atomic E-state index is 0.0623. The molecule has 0 spiro atoms. The molecule has 4 rings (SSSR count). The second-order valence-electron chi connectivity index (χ2n) is 9.43. The number of methoxy groups -OCH3 is 1. The predicted octanol–water partition coefficient (Wildman–Crippen LogP) is 3.44. The van der Waals surface area contributed by atoms with Crippen molar-refractivity contribution in [3.05, 3.63) is 63.4 Å². The maximum Gasteiger partial charge on any atom is 0.183 e. The van der Waals surface area contributed by atoms with Crippen LogP contribution >= 0.6 is 11.6 Å². The summed E-state index contributed by atoms with van der Waals surface area (Å²) < 4.78 is 31.1. The highest BCUT2D eigenvalue weighted by Crippen LogP contribution is 2.46. The zero-order chi connectivity index (χ0) is 24.6. The summed E-state index contributed by atoms with van der Waals surface area (Å²) in [7, 11) is 1.42. The van der Waals surface area contributed by atoms with Gasteiger partial charge in [-0.15, -0.1) is 0 Å². The Hall–Kier alpha value is -1.74. The number of halogens is 2. The van der Waals surface area contributed by atoms with Gasteiger partial charge >= 0.3 is 0 Å². The second-order valence-corrected chi connectivity index (χ2v) is 9.84. The molecule has 0 amide bonds. The number of hydrogen-bond acceptors (Lipinski definition) is 6. The summed E-state index contributed by atoms with van der Waals surface area (Å²) in [4.78, 5) is 0. The summed E-state index contributed by atoms with van der Waals surface area (Å²) in [6.07, 6.45) is -1.99. The van der Waals surface area contributed by atoms with E-state index < -0.39 is 30.2 Å². The number of aliphatic hydroxyl groups is 3. The van der Waals surface area contributed by atoms with E-state index in [0.29, 0.717) is 11.4 Å². The lowest BCUT2D eigenvalue weighted by atomic mass is 9.66. The van der Waals surface area contributed by atoms with Crippen molar-refractivity contribution in [2.75, 3.05) is 26.9 Å². The van der Waals surface area contributed by atoms with Crippen LogP contribution in [-0.4, -0.2) is 60.7 Å². The van der Waals surface area contributed by atoms with Gasteiger partial charge in [-0.1, -0.05) is 30.7 Å². The van der Waals surface area contributed by atoms with Crippen molar-refractivity contribution in [1.82, 2.24) is 0 Å². The van der Waals surface area contributed by atoms with Crippen molar-refractivity contribution in [3.63, 3.8) is 0 Å². The first kappa shape index (κ1) is 25.4. The quantitative estimate of drug-likeness (QED) is 0.570. The van der Waals surface area contributed by atoms with E-state index in [4.69, 9.17) is 25.8 Å². The van der Waals surface area contributed by atoms with E-state index in [1.54, 1.807) is 19.1 Å². The molecule has 34 heavy (non-hydrogen) atoms. The average molecular weight is 495 g/mol. The topological polar surface area (TPSA) is 88.4 Å². The molecule has 1 heterocycles. The molecule has 2 aliphatic rings. The number of hydrogen-bond donors (Lipinski definition) is 3. The molecule has 1 unspecified atom stereocenters. The zero-order valence-corrected chi connectivity index (χ0v) is 20.3. The number of rotatable bonds is 6. The largest absolute Gasteiger partial charge is 0.494 e. The van der Waals surface area contributed by atoms with Crippen molar-refractivity contribution in [1.29, 1.82) is 0 Å². The number of benzene rings is 2. The van der Waals surface area contributed by atoms with Gasteiger partial charge in [0, 0.05) is 23.5 Å². The van der Waals surface area contributed by atoms with Gasteiger partial charge in [-0.2, -0.15) is 0 Å². The monoisotopic (exact) mass is 494 g/mol. The zero-order valence-electron chi connectivity index (χ0n) is 19.6. The smallest absolute Gasteiger partial charge is 0.183 e. The molecule has 3 N–H and O–H groups in total. The standard InChI is InChI=1S/C26H32ClFO6/c1-13-6-16-7-17(10-29)19(11-33-26-25(31)14(2)22(30)12-34-26)24(18(16)9-20(13)27)15-4-5-21(28)23(8-15)32-3/h4-6,8-9,14,17,19,22,24-26,29-31H,7,10-12H2,1-3H3/t14-,17+,19+,22+,24?,25+,26+/m0/s1. The molecule has 2 aromatic carbocycles. The molecule has 7 atom stereocenters. The van der Waals surface area contributed by atoms with Crippen molar-refractivity contribution < 1.29 is 33.9 Å². The first-order valence-corrected chi connectivity index (χ1v) is 12.0. The van der Waals surface area contributed by atoms with Gasteiger partial charge in [0.2, 0.25) is 0 Å². The summed E-state index contributed by atoms with van der Waals surface area (Å²) in [6.45, 7) is 3.89. The third kappa shape index (κ3) is 4.83. The third-order valence-electron chi connectivity index (χ3n) is 7.35. The van der Waals surface area contributed by atoms with E-state index in [2.05, 4.69) is 0 Å². The van der Waals surface area contributed by atoms with Gasteiger partial charge < -0.3 is 29.5 Å². The van der Waals surface area contributed by atoms with E-state index in [-0.39, 0.29) is 43.3 Å². The Bertz CT molecular complexity index is 1020. The molecular formula is C26H32ClFO6. The predicted molar refractivity (Wildman–Crippen MR) is 126 cm³/mol. The summed E-state index contributed by atoms with van der Waals surface area (Å²) >= 11 is 6.51. The molecule has 1 saturated heterocycles. The minimum atomic E-state index is -0.978. The Balaban J connectivity index is 1.72. The maximum absolute atomic E-state index is 14.2. The van der Waals surface area contributed by atoms with Gasteiger partial charge in [0.05, 0.1) is 26.4 Å². The molecule has 8 heteroatoms. The molecule has 6 nitrogen and oxygen atoms in total. The number of aryl methyl sites for hydroxylation is 1. The van der Waals surface area contributed by atoms with Crippen molar-refractivity contribution >= 4 is 11.6 Å². The molecule has 0 saturated carbocycles.